The normalized spacial score (nSPS) is 14.2. The van der Waals surface area contributed by atoms with E-state index in [1.807, 2.05) is 0 Å². The van der Waals surface area contributed by atoms with Crippen LogP contribution in [0.25, 0.3) is 0 Å². The van der Waals surface area contributed by atoms with Gasteiger partial charge >= 0.3 is 11.9 Å². The van der Waals surface area contributed by atoms with Crippen LogP contribution >= 0.6 is 0 Å². The van der Waals surface area contributed by atoms with Crippen LogP contribution in [0.4, 0.5) is 0 Å². The van der Waals surface area contributed by atoms with E-state index in [-0.39, 0.29) is 18.4 Å². The number of hydrogen-bond donors (Lipinski definition) is 2. The lowest BCUT2D eigenvalue weighted by Crippen LogP contribution is -2.48. The third kappa shape index (κ3) is 4.42. The van der Waals surface area contributed by atoms with Crippen molar-refractivity contribution in [1.29, 1.82) is 0 Å². The van der Waals surface area contributed by atoms with Gasteiger partial charge in [0, 0.05) is 12.5 Å². The Kier molecular flexibility index (Phi) is 5.64. The summed E-state index contributed by atoms with van der Waals surface area (Å²) in [6, 6.07) is -1.02. The zero-order chi connectivity index (χ0) is 13.7. The second-order valence-corrected chi connectivity index (χ2v) is 4.40. The molecule has 1 amide bonds. The van der Waals surface area contributed by atoms with Gasteiger partial charge in [-0.2, -0.15) is 0 Å². The predicted octanol–water partition coefficient (Wildman–Crippen LogP) is 0.665. The summed E-state index contributed by atoms with van der Waals surface area (Å²) in [5.74, 6) is -3.70. The fourth-order valence-electron chi connectivity index (χ4n) is 1.28. The Labute approximate surface area is 100 Å². The highest BCUT2D eigenvalue weighted by Crippen LogP contribution is 2.11. The van der Waals surface area contributed by atoms with Crippen LogP contribution in [0.5, 0.6) is 0 Å². The second-order valence-electron chi connectivity index (χ2n) is 4.40. The molecule has 6 nitrogen and oxygen atoms in total. The third-order valence-corrected chi connectivity index (χ3v) is 2.49. The molecule has 0 rings (SSSR count). The maximum atomic E-state index is 11.8. The van der Waals surface area contributed by atoms with Crippen molar-refractivity contribution in [3.63, 3.8) is 0 Å². The van der Waals surface area contributed by atoms with Crippen LogP contribution in [-0.4, -0.2) is 45.5 Å². The Balaban J connectivity index is 4.92. The number of aliphatic carboxylic acids is 2. The zero-order valence-corrected chi connectivity index (χ0v) is 10.5. The van der Waals surface area contributed by atoms with E-state index in [4.69, 9.17) is 10.2 Å². The van der Waals surface area contributed by atoms with Crippen molar-refractivity contribution in [3.05, 3.63) is 0 Å². The van der Waals surface area contributed by atoms with Gasteiger partial charge in [0.1, 0.15) is 6.04 Å². The van der Waals surface area contributed by atoms with Gasteiger partial charge < -0.3 is 15.1 Å². The first-order chi connectivity index (χ1) is 7.68. The first-order valence-electron chi connectivity index (χ1n) is 5.44. The SMILES string of the molecule is CC(C)C(=O)N(CC(C)C(=O)O)C(C)C(=O)O. The molecular weight excluding hydrogens is 226 g/mol. The van der Waals surface area contributed by atoms with Crippen molar-refractivity contribution in [2.75, 3.05) is 6.54 Å². The Morgan fingerprint density at radius 1 is 1.00 bits per heavy atom. The molecule has 0 aliphatic carbocycles. The van der Waals surface area contributed by atoms with E-state index in [0.29, 0.717) is 0 Å². The molecule has 2 N–H and O–H groups in total. The van der Waals surface area contributed by atoms with Crippen molar-refractivity contribution < 1.29 is 24.6 Å². The monoisotopic (exact) mass is 245 g/mol. The summed E-state index contributed by atoms with van der Waals surface area (Å²) in [7, 11) is 0. The van der Waals surface area contributed by atoms with Crippen molar-refractivity contribution >= 4 is 17.8 Å². The highest BCUT2D eigenvalue weighted by molar-refractivity contribution is 5.85. The number of hydrogen-bond acceptors (Lipinski definition) is 3. The van der Waals surface area contributed by atoms with Gasteiger partial charge in [-0.25, -0.2) is 4.79 Å². The molecule has 0 bridgehead atoms. The molecule has 0 aromatic carbocycles. The van der Waals surface area contributed by atoms with Crippen LogP contribution in [0, 0.1) is 11.8 Å². The molecule has 0 spiro atoms. The summed E-state index contributed by atoms with van der Waals surface area (Å²) < 4.78 is 0. The van der Waals surface area contributed by atoms with Crippen molar-refractivity contribution in [1.82, 2.24) is 4.90 Å². The van der Waals surface area contributed by atoms with Gasteiger partial charge in [-0.1, -0.05) is 20.8 Å². The van der Waals surface area contributed by atoms with Crippen LogP contribution in [0.2, 0.25) is 0 Å². The summed E-state index contributed by atoms with van der Waals surface area (Å²) in [6.45, 7) is 6.01. The fourth-order valence-corrected chi connectivity index (χ4v) is 1.28. The molecule has 0 aromatic rings. The quantitative estimate of drug-likeness (QED) is 0.717. The first-order valence-corrected chi connectivity index (χ1v) is 5.44. The molecule has 0 saturated carbocycles. The molecule has 6 heteroatoms. The van der Waals surface area contributed by atoms with Crippen LogP contribution in [-0.2, 0) is 14.4 Å². The molecule has 0 aliphatic rings. The maximum Gasteiger partial charge on any atom is 0.326 e. The van der Waals surface area contributed by atoms with Crippen LogP contribution < -0.4 is 0 Å². The molecule has 0 heterocycles. The Bertz CT molecular complexity index is 313. The lowest BCUT2D eigenvalue weighted by Gasteiger charge is -2.29. The van der Waals surface area contributed by atoms with Crippen molar-refractivity contribution in [2.24, 2.45) is 11.8 Å². The minimum absolute atomic E-state index is 0.0974. The highest BCUT2D eigenvalue weighted by atomic mass is 16.4. The van der Waals surface area contributed by atoms with Crippen molar-refractivity contribution in [2.45, 2.75) is 33.7 Å². The van der Waals surface area contributed by atoms with Gasteiger partial charge in [0.05, 0.1) is 5.92 Å². The average molecular weight is 245 g/mol. The first kappa shape index (κ1) is 15.4. The molecule has 2 unspecified atom stereocenters. The number of amides is 1. The average Bonchev–Trinajstić information content (AvgIpc) is 2.22. The molecule has 0 aliphatic heterocycles. The summed E-state index contributed by atoms with van der Waals surface area (Å²) in [5, 5.41) is 17.7. The van der Waals surface area contributed by atoms with Gasteiger partial charge in [-0.15, -0.1) is 0 Å². The summed E-state index contributed by atoms with van der Waals surface area (Å²) in [4.78, 5) is 34.5. The Morgan fingerprint density at radius 3 is 1.76 bits per heavy atom. The van der Waals surface area contributed by atoms with Gasteiger partial charge in [-0.05, 0) is 6.92 Å². The molecule has 0 saturated heterocycles. The van der Waals surface area contributed by atoms with E-state index in [9.17, 15) is 14.4 Å². The summed E-state index contributed by atoms with van der Waals surface area (Å²) in [6.07, 6.45) is 0. The zero-order valence-electron chi connectivity index (χ0n) is 10.5. The van der Waals surface area contributed by atoms with Gasteiger partial charge in [0.25, 0.3) is 0 Å². The number of nitrogens with zero attached hydrogens (tertiary/aromatic N) is 1. The summed E-state index contributed by atoms with van der Waals surface area (Å²) in [5.41, 5.74) is 0. The van der Waals surface area contributed by atoms with E-state index in [1.54, 1.807) is 13.8 Å². The molecule has 0 radical (unpaired) electrons. The van der Waals surface area contributed by atoms with Crippen LogP contribution in [0.3, 0.4) is 0 Å². The number of carbonyl (C=O) groups is 3. The van der Waals surface area contributed by atoms with E-state index >= 15 is 0 Å². The van der Waals surface area contributed by atoms with Gasteiger partial charge in [0.15, 0.2) is 0 Å². The highest BCUT2D eigenvalue weighted by Gasteiger charge is 2.29. The summed E-state index contributed by atoms with van der Waals surface area (Å²) >= 11 is 0. The number of carboxylic acids is 2. The van der Waals surface area contributed by atoms with Gasteiger partial charge in [0.2, 0.25) is 5.91 Å². The number of carboxylic acid groups (broad SMARTS) is 2. The Hall–Kier alpha value is -1.59. The lowest BCUT2D eigenvalue weighted by atomic mass is 10.1. The molecular formula is C11H19NO5. The van der Waals surface area contributed by atoms with E-state index in [2.05, 4.69) is 0 Å². The topological polar surface area (TPSA) is 94.9 Å². The fraction of sp³-hybridized carbons (Fsp3) is 0.727. The standard InChI is InChI=1S/C11H19NO5/c1-6(2)9(13)12(8(4)11(16)17)5-7(3)10(14)15/h6-8H,5H2,1-4H3,(H,14,15)(H,16,17). The molecule has 17 heavy (non-hydrogen) atoms. The molecule has 2 atom stereocenters. The van der Waals surface area contributed by atoms with E-state index < -0.39 is 23.9 Å². The smallest absolute Gasteiger partial charge is 0.326 e. The Morgan fingerprint density at radius 2 is 1.47 bits per heavy atom. The maximum absolute atomic E-state index is 11.8. The molecule has 0 aromatic heterocycles. The lowest BCUT2D eigenvalue weighted by molar-refractivity contribution is -0.153. The van der Waals surface area contributed by atoms with Crippen LogP contribution in [0.1, 0.15) is 27.7 Å². The third-order valence-electron chi connectivity index (χ3n) is 2.49. The van der Waals surface area contributed by atoms with Crippen LogP contribution in [0.15, 0.2) is 0 Å². The van der Waals surface area contributed by atoms with Crippen molar-refractivity contribution in [3.8, 4) is 0 Å². The van der Waals surface area contributed by atoms with E-state index in [1.165, 1.54) is 13.8 Å². The predicted molar refractivity (Wildman–Crippen MR) is 60.4 cm³/mol. The van der Waals surface area contributed by atoms with Gasteiger partial charge in [-0.3, -0.25) is 9.59 Å². The minimum atomic E-state index is -1.14. The second kappa shape index (κ2) is 6.22. The minimum Gasteiger partial charge on any atom is -0.481 e. The largest absolute Gasteiger partial charge is 0.481 e. The number of rotatable bonds is 6. The molecule has 0 fully saturated rings. The van der Waals surface area contributed by atoms with E-state index in [0.717, 1.165) is 4.90 Å². The molecule has 98 valence electrons. The number of carbonyl (C=O) groups excluding carboxylic acids is 1.